The molecule has 134 valence electrons. The number of benzene rings is 1. The molecule has 1 aliphatic heterocycles. The number of ether oxygens (including phenoxy) is 2. The van der Waals surface area contributed by atoms with Crippen LogP contribution in [0.5, 0.6) is 11.5 Å². The molecule has 0 aliphatic carbocycles. The minimum Gasteiger partial charge on any atom is -0.490 e. The van der Waals surface area contributed by atoms with Crippen LogP contribution in [-0.2, 0) is 9.84 Å². The van der Waals surface area contributed by atoms with Gasteiger partial charge in [-0.1, -0.05) is 0 Å². The minimum atomic E-state index is -3.04. The van der Waals surface area contributed by atoms with Gasteiger partial charge in [0.15, 0.2) is 21.3 Å². The highest BCUT2D eigenvalue weighted by Gasteiger charge is 2.34. The molecular formula is C17H25NO5S. The molecule has 1 heterocycles. The first-order valence-electron chi connectivity index (χ1n) is 8.32. The van der Waals surface area contributed by atoms with Gasteiger partial charge in [0.25, 0.3) is 5.91 Å². The van der Waals surface area contributed by atoms with Crippen LogP contribution in [0, 0.1) is 0 Å². The van der Waals surface area contributed by atoms with E-state index in [4.69, 9.17) is 9.47 Å². The second kappa shape index (κ2) is 7.88. The highest BCUT2D eigenvalue weighted by Crippen LogP contribution is 2.30. The number of sulfone groups is 1. The van der Waals surface area contributed by atoms with Crippen molar-refractivity contribution >= 4 is 15.7 Å². The zero-order chi connectivity index (χ0) is 17.7. The van der Waals surface area contributed by atoms with Crippen molar-refractivity contribution in [1.82, 2.24) is 4.90 Å². The van der Waals surface area contributed by atoms with E-state index in [0.29, 0.717) is 43.2 Å². The molecule has 1 unspecified atom stereocenters. The van der Waals surface area contributed by atoms with Gasteiger partial charge in [0.2, 0.25) is 0 Å². The molecule has 1 amide bonds. The van der Waals surface area contributed by atoms with Crippen LogP contribution >= 0.6 is 0 Å². The maximum absolute atomic E-state index is 12.8. The summed E-state index contributed by atoms with van der Waals surface area (Å²) < 4.78 is 34.5. The predicted octanol–water partition coefficient (Wildman–Crippen LogP) is 2.13. The van der Waals surface area contributed by atoms with E-state index in [1.54, 1.807) is 23.1 Å². The van der Waals surface area contributed by atoms with E-state index in [1.807, 2.05) is 20.8 Å². The van der Waals surface area contributed by atoms with Crippen LogP contribution in [0.2, 0.25) is 0 Å². The molecule has 1 fully saturated rings. The van der Waals surface area contributed by atoms with E-state index >= 15 is 0 Å². The summed E-state index contributed by atoms with van der Waals surface area (Å²) in [6.45, 7) is 7.06. The lowest BCUT2D eigenvalue weighted by atomic mass is 10.1. The third kappa shape index (κ3) is 4.20. The summed E-state index contributed by atoms with van der Waals surface area (Å²) in [5.74, 6) is 1.14. The highest BCUT2D eigenvalue weighted by atomic mass is 32.2. The summed E-state index contributed by atoms with van der Waals surface area (Å²) in [5.41, 5.74) is 0.480. The SMILES string of the molecule is CCOc1ccc(C(=O)N(CC)C2CCS(=O)(=O)C2)cc1OCC. The van der Waals surface area contributed by atoms with Gasteiger partial charge in [0.1, 0.15) is 0 Å². The zero-order valence-corrected chi connectivity index (χ0v) is 15.3. The van der Waals surface area contributed by atoms with Crippen LogP contribution in [0.4, 0.5) is 0 Å². The molecule has 7 heteroatoms. The van der Waals surface area contributed by atoms with Gasteiger partial charge in [-0.05, 0) is 45.4 Å². The van der Waals surface area contributed by atoms with Crippen LogP contribution in [0.1, 0.15) is 37.6 Å². The first kappa shape index (κ1) is 18.6. The molecule has 0 radical (unpaired) electrons. The molecule has 0 saturated carbocycles. The van der Waals surface area contributed by atoms with Gasteiger partial charge in [0, 0.05) is 18.2 Å². The molecule has 6 nitrogen and oxygen atoms in total. The van der Waals surface area contributed by atoms with Crippen LogP contribution in [-0.4, -0.2) is 56.5 Å². The number of hydrogen-bond donors (Lipinski definition) is 0. The first-order valence-corrected chi connectivity index (χ1v) is 10.1. The summed E-state index contributed by atoms with van der Waals surface area (Å²) in [6, 6.07) is 4.83. The number of carbonyl (C=O) groups is 1. The molecule has 24 heavy (non-hydrogen) atoms. The van der Waals surface area contributed by atoms with Crippen molar-refractivity contribution < 1.29 is 22.7 Å². The summed E-state index contributed by atoms with van der Waals surface area (Å²) in [6.07, 6.45) is 0.497. The molecule has 1 aromatic carbocycles. The fraction of sp³-hybridized carbons (Fsp3) is 0.588. The lowest BCUT2D eigenvalue weighted by Gasteiger charge is -2.27. The average Bonchev–Trinajstić information content (AvgIpc) is 2.90. The lowest BCUT2D eigenvalue weighted by molar-refractivity contribution is 0.0708. The van der Waals surface area contributed by atoms with Gasteiger partial charge < -0.3 is 14.4 Å². The molecule has 0 spiro atoms. The Bertz CT molecular complexity index is 686. The fourth-order valence-electron chi connectivity index (χ4n) is 2.94. The van der Waals surface area contributed by atoms with Crippen molar-refractivity contribution in [2.75, 3.05) is 31.3 Å². The smallest absolute Gasteiger partial charge is 0.254 e. The number of amides is 1. The second-order valence-corrected chi connectivity index (χ2v) is 7.90. The van der Waals surface area contributed by atoms with Crippen molar-refractivity contribution in [1.29, 1.82) is 0 Å². The van der Waals surface area contributed by atoms with Crippen LogP contribution in [0.15, 0.2) is 18.2 Å². The Balaban J connectivity index is 2.25. The van der Waals surface area contributed by atoms with Crippen molar-refractivity contribution in [3.05, 3.63) is 23.8 Å². The van der Waals surface area contributed by atoms with E-state index in [1.165, 1.54) is 0 Å². The predicted molar refractivity (Wildman–Crippen MR) is 92.5 cm³/mol. The Morgan fingerprint density at radius 2 is 1.83 bits per heavy atom. The Morgan fingerprint density at radius 3 is 2.38 bits per heavy atom. The summed E-state index contributed by atoms with van der Waals surface area (Å²) in [4.78, 5) is 14.5. The summed E-state index contributed by atoms with van der Waals surface area (Å²) >= 11 is 0. The van der Waals surface area contributed by atoms with Gasteiger partial charge >= 0.3 is 0 Å². The van der Waals surface area contributed by atoms with E-state index in [-0.39, 0.29) is 23.5 Å². The molecule has 0 bridgehead atoms. The van der Waals surface area contributed by atoms with E-state index in [0.717, 1.165) is 0 Å². The van der Waals surface area contributed by atoms with Crippen molar-refractivity contribution in [3.8, 4) is 11.5 Å². The quantitative estimate of drug-likeness (QED) is 0.749. The number of carbonyl (C=O) groups excluding carboxylic acids is 1. The minimum absolute atomic E-state index is 0.0436. The molecule has 1 aromatic rings. The monoisotopic (exact) mass is 355 g/mol. The van der Waals surface area contributed by atoms with Crippen LogP contribution in [0.25, 0.3) is 0 Å². The first-order chi connectivity index (χ1) is 11.4. The Hall–Kier alpha value is -1.76. The third-order valence-corrected chi connectivity index (χ3v) is 5.79. The zero-order valence-electron chi connectivity index (χ0n) is 14.4. The van der Waals surface area contributed by atoms with E-state index < -0.39 is 9.84 Å². The topological polar surface area (TPSA) is 72.9 Å². The van der Waals surface area contributed by atoms with Gasteiger partial charge in [-0.3, -0.25) is 4.79 Å². The maximum atomic E-state index is 12.8. The van der Waals surface area contributed by atoms with Crippen LogP contribution in [0.3, 0.4) is 0 Å². The molecular weight excluding hydrogens is 330 g/mol. The summed E-state index contributed by atoms with van der Waals surface area (Å²) in [7, 11) is -3.04. The Labute approximate surface area is 143 Å². The maximum Gasteiger partial charge on any atom is 0.254 e. The van der Waals surface area contributed by atoms with Gasteiger partial charge in [-0.25, -0.2) is 8.42 Å². The lowest BCUT2D eigenvalue weighted by Crippen LogP contribution is -2.41. The largest absolute Gasteiger partial charge is 0.490 e. The van der Waals surface area contributed by atoms with Gasteiger partial charge in [-0.15, -0.1) is 0 Å². The number of nitrogens with zero attached hydrogens (tertiary/aromatic N) is 1. The third-order valence-electron chi connectivity index (χ3n) is 4.04. The van der Waals surface area contributed by atoms with Crippen molar-refractivity contribution in [2.24, 2.45) is 0 Å². The van der Waals surface area contributed by atoms with Gasteiger partial charge in [-0.2, -0.15) is 0 Å². The Kier molecular flexibility index (Phi) is 6.10. The van der Waals surface area contributed by atoms with Crippen LogP contribution < -0.4 is 9.47 Å². The standard InChI is InChI=1S/C17H25NO5S/c1-4-18(14-9-10-24(20,21)12-14)17(19)13-7-8-15(22-5-2)16(11-13)23-6-3/h7-8,11,14H,4-6,9-10,12H2,1-3H3. The highest BCUT2D eigenvalue weighted by molar-refractivity contribution is 7.91. The van der Waals surface area contributed by atoms with Gasteiger partial charge in [0.05, 0.1) is 24.7 Å². The molecule has 0 N–H and O–H groups in total. The number of hydrogen-bond acceptors (Lipinski definition) is 5. The molecule has 1 aliphatic rings. The number of rotatable bonds is 7. The normalized spacial score (nSPS) is 19.0. The van der Waals surface area contributed by atoms with E-state index in [2.05, 4.69) is 0 Å². The van der Waals surface area contributed by atoms with Crippen molar-refractivity contribution in [3.63, 3.8) is 0 Å². The average molecular weight is 355 g/mol. The van der Waals surface area contributed by atoms with Crippen molar-refractivity contribution in [2.45, 2.75) is 33.2 Å². The molecule has 1 saturated heterocycles. The summed E-state index contributed by atoms with van der Waals surface area (Å²) in [5, 5.41) is 0. The molecule has 0 aromatic heterocycles. The molecule has 2 rings (SSSR count). The Morgan fingerprint density at radius 1 is 1.17 bits per heavy atom. The second-order valence-electron chi connectivity index (χ2n) is 5.68. The fourth-order valence-corrected chi connectivity index (χ4v) is 4.67. The molecule has 1 atom stereocenters. The van der Waals surface area contributed by atoms with E-state index in [9.17, 15) is 13.2 Å².